The van der Waals surface area contributed by atoms with E-state index in [0.717, 1.165) is 10.5 Å². The Hall–Kier alpha value is -3.30. The molecule has 1 heterocycles. The van der Waals surface area contributed by atoms with Crippen molar-refractivity contribution in [1.29, 1.82) is 0 Å². The van der Waals surface area contributed by atoms with Crippen LogP contribution in [0.2, 0.25) is 0 Å². The topological polar surface area (TPSA) is 102 Å². The number of H-pyrrole nitrogens is 1. The Morgan fingerprint density at radius 3 is 2.58 bits per heavy atom. The van der Waals surface area contributed by atoms with Crippen LogP contribution in [0.1, 0.15) is 11.1 Å². The van der Waals surface area contributed by atoms with Crippen LogP contribution < -0.4 is 16.6 Å². The van der Waals surface area contributed by atoms with Gasteiger partial charge in [0.2, 0.25) is 0 Å². The van der Waals surface area contributed by atoms with Gasteiger partial charge in [0.25, 0.3) is 5.56 Å². The van der Waals surface area contributed by atoms with Crippen molar-refractivity contribution in [2.45, 2.75) is 30.5 Å². The fraction of sp³-hybridized carbons (Fsp3) is 0.227. The Bertz CT molecular complexity index is 1160. The van der Waals surface area contributed by atoms with E-state index in [1.54, 1.807) is 31.2 Å². The molecule has 1 amide bonds. The molecular weight excluding hydrogens is 418 g/mol. The molecule has 31 heavy (non-hydrogen) atoms. The molecule has 0 aliphatic carbocycles. The fourth-order valence-corrected chi connectivity index (χ4v) is 3.82. The van der Waals surface area contributed by atoms with Gasteiger partial charge in [-0.1, -0.05) is 47.7 Å². The molecule has 2 aromatic carbocycles. The van der Waals surface area contributed by atoms with Crippen molar-refractivity contribution >= 4 is 23.5 Å². The summed E-state index contributed by atoms with van der Waals surface area (Å²) in [5.41, 5.74) is 1.13. The number of carbonyl (C=O) groups is 1. The highest BCUT2D eigenvalue weighted by Gasteiger charge is 2.13. The molecule has 1 aromatic heterocycles. The minimum absolute atomic E-state index is 0.0100. The molecule has 0 spiro atoms. The molecule has 0 bridgehead atoms. The zero-order chi connectivity index (χ0) is 22.2. The Morgan fingerprint density at radius 1 is 1.06 bits per heavy atom. The lowest BCUT2D eigenvalue weighted by atomic mass is 10.2. The van der Waals surface area contributed by atoms with Crippen LogP contribution in [0.25, 0.3) is 0 Å². The van der Waals surface area contributed by atoms with Crippen LogP contribution in [-0.2, 0) is 16.2 Å². The third-order valence-electron chi connectivity index (χ3n) is 4.28. The van der Waals surface area contributed by atoms with Gasteiger partial charge < -0.3 is 9.47 Å². The number of carbonyl (C=O) groups excluding carboxylic acids is 1. The summed E-state index contributed by atoms with van der Waals surface area (Å²) in [7, 11) is 0. The summed E-state index contributed by atoms with van der Waals surface area (Å²) in [5.74, 6) is 0. The number of anilines is 1. The number of rotatable bonds is 8. The minimum atomic E-state index is -0.595. The first kappa shape index (κ1) is 22.4. The molecule has 0 unspecified atom stereocenters. The van der Waals surface area contributed by atoms with Crippen LogP contribution in [0, 0.1) is 13.8 Å². The highest BCUT2D eigenvalue weighted by Crippen LogP contribution is 2.28. The molecule has 162 valence electrons. The summed E-state index contributed by atoms with van der Waals surface area (Å²) in [4.78, 5) is 39.4. The number of ether oxygens (including phenoxy) is 2. The molecule has 8 nitrogen and oxygen atoms in total. The summed E-state index contributed by atoms with van der Waals surface area (Å²) in [6.45, 7) is 3.63. The number of nitrogens with zero attached hydrogens (tertiary/aromatic N) is 1. The van der Waals surface area contributed by atoms with Gasteiger partial charge in [0, 0.05) is 16.1 Å². The summed E-state index contributed by atoms with van der Waals surface area (Å²) < 4.78 is 11.9. The van der Waals surface area contributed by atoms with E-state index < -0.39 is 17.3 Å². The van der Waals surface area contributed by atoms with Crippen molar-refractivity contribution in [2.24, 2.45) is 0 Å². The van der Waals surface area contributed by atoms with Crippen molar-refractivity contribution in [3.05, 3.63) is 86.6 Å². The second-order valence-corrected chi connectivity index (χ2v) is 7.76. The van der Waals surface area contributed by atoms with Crippen molar-refractivity contribution in [2.75, 3.05) is 18.5 Å². The van der Waals surface area contributed by atoms with Crippen molar-refractivity contribution < 1.29 is 14.3 Å². The molecule has 9 heteroatoms. The summed E-state index contributed by atoms with van der Waals surface area (Å²) in [6, 6.07) is 16.7. The van der Waals surface area contributed by atoms with Crippen LogP contribution >= 0.6 is 11.8 Å². The first-order valence-electron chi connectivity index (χ1n) is 9.59. The van der Waals surface area contributed by atoms with E-state index in [9.17, 15) is 14.4 Å². The SMILES string of the molecule is Cc1cccc(Sc2c(C)c(=O)[nH]c(=O)n2COCCOC(=O)Nc2ccccc2)c1. The quantitative estimate of drug-likeness (QED) is 0.410. The fourth-order valence-electron chi connectivity index (χ4n) is 2.71. The van der Waals surface area contributed by atoms with Crippen LogP contribution in [0.5, 0.6) is 0 Å². The molecule has 3 rings (SSSR count). The third-order valence-corrected chi connectivity index (χ3v) is 5.49. The van der Waals surface area contributed by atoms with Crippen LogP contribution in [0.4, 0.5) is 10.5 Å². The molecule has 0 radical (unpaired) electrons. The number of para-hydroxylation sites is 1. The third kappa shape index (κ3) is 6.34. The van der Waals surface area contributed by atoms with Gasteiger partial charge in [-0.25, -0.2) is 9.59 Å². The zero-order valence-electron chi connectivity index (χ0n) is 17.2. The molecule has 0 aliphatic heterocycles. The number of aryl methyl sites for hydroxylation is 1. The van der Waals surface area contributed by atoms with Gasteiger partial charge in [-0.3, -0.25) is 19.7 Å². The number of amides is 1. The monoisotopic (exact) mass is 441 g/mol. The average molecular weight is 442 g/mol. The molecule has 0 fully saturated rings. The van der Waals surface area contributed by atoms with E-state index in [1.165, 1.54) is 16.3 Å². The van der Waals surface area contributed by atoms with E-state index in [1.807, 2.05) is 37.3 Å². The second kappa shape index (κ2) is 10.6. The Morgan fingerprint density at radius 2 is 1.84 bits per heavy atom. The summed E-state index contributed by atoms with van der Waals surface area (Å²) in [6.07, 6.45) is -0.595. The zero-order valence-corrected chi connectivity index (χ0v) is 18.0. The van der Waals surface area contributed by atoms with E-state index >= 15 is 0 Å². The molecule has 2 N–H and O–H groups in total. The first-order chi connectivity index (χ1) is 14.9. The lowest BCUT2D eigenvalue weighted by Gasteiger charge is -2.14. The van der Waals surface area contributed by atoms with Crippen molar-refractivity contribution in [3.8, 4) is 0 Å². The summed E-state index contributed by atoms with van der Waals surface area (Å²) in [5, 5.41) is 3.10. The number of benzene rings is 2. The molecule has 0 aliphatic rings. The maximum atomic E-state index is 12.4. The highest BCUT2D eigenvalue weighted by molar-refractivity contribution is 7.99. The first-order valence-corrected chi connectivity index (χ1v) is 10.4. The number of aromatic nitrogens is 2. The van der Waals surface area contributed by atoms with Crippen LogP contribution in [0.3, 0.4) is 0 Å². The van der Waals surface area contributed by atoms with Gasteiger partial charge in [-0.2, -0.15) is 0 Å². The maximum Gasteiger partial charge on any atom is 0.411 e. The average Bonchev–Trinajstić information content (AvgIpc) is 2.74. The van der Waals surface area contributed by atoms with Crippen molar-refractivity contribution in [3.63, 3.8) is 0 Å². The molecule has 0 saturated heterocycles. The molecule has 0 saturated carbocycles. The second-order valence-electron chi connectivity index (χ2n) is 6.70. The van der Waals surface area contributed by atoms with Gasteiger partial charge in [0.1, 0.15) is 13.3 Å². The predicted molar refractivity (Wildman–Crippen MR) is 119 cm³/mol. The van der Waals surface area contributed by atoms with E-state index in [-0.39, 0.29) is 19.9 Å². The minimum Gasteiger partial charge on any atom is -0.447 e. The number of hydrogen-bond acceptors (Lipinski definition) is 6. The smallest absolute Gasteiger partial charge is 0.411 e. The molecule has 3 aromatic rings. The van der Waals surface area contributed by atoms with Gasteiger partial charge in [-0.05, 0) is 38.1 Å². The lowest BCUT2D eigenvalue weighted by Crippen LogP contribution is -2.34. The molecular formula is C22H23N3O5S. The van der Waals surface area contributed by atoms with E-state index in [2.05, 4.69) is 10.3 Å². The standard InChI is InChI=1S/C22H23N3O5S/c1-15-7-6-10-18(13-15)31-20-16(2)19(26)24-21(27)25(20)14-29-11-12-30-22(28)23-17-8-4-3-5-9-17/h3-10,13H,11-12,14H2,1-2H3,(H,23,28)(H,24,26,27). The normalized spacial score (nSPS) is 10.6. The number of hydrogen-bond donors (Lipinski definition) is 2. The Labute approximate surface area is 183 Å². The van der Waals surface area contributed by atoms with Crippen molar-refractivity contribution in [1.82, 2.24) is 9.55 Å². The maximum absolute atomic E-state index is 12.4. The Kier molecular flexibility index (Phi) is 7.69. The highest BCUT2D eigenvalue weighted by atomic mass is 32.2. The lowest BCUT2D eigenvalue weighted by molar-refractivity contribution is 0.0355. The Balaban J connectivity index is 1.59. The number of nitrogens with one attached hydrogen (secondary N) is 2. The molecule has 0 atom stereocenters. The van der Waals surface area contributed by atoms with Gasteiger partial charge >= 0.3 is 11.8 Å². The van der Waals surface area contributed by atoms with E-state index in [4.69, 9.17) is 9.47 Å². The predicted octanol–water partition coefficient (Wildman–Crippen LogP) is 3.53. The van der Waals surface area contributed by atoms with Gasteiger partial charge in [0.05, 0.1) is 11.6 Å². The number of aromatic amines is 1. The van der Waals surface area contributed by atoms with Crippen LogP contribution in [-0.4, -0.2) is 28.9 Å². The van der Waals surface area contributed by atoms with Gasteiger partial charge in [0.15, 0.2) is 0 Å². The van der Waals surface area contributed by atoms with Gasteiger partial charge in [-0.15, -0.1) is 0 Å². The summed E-state index contributed by atoms with van der Waals surface area (Å²) >= 11 is 1.32. The van der Waals surface area contributed by atoms with Crippen LogP contribution in [0.15, 0.2) is 74.1 Å². The van der Waals surface area contributed by atoms with E-state index in [0.29, 0.717) is 16.3 Å². The largest absolute Gasteiger partial charge is 0.447 e.